The number of anilines is 1. The van der Waals surface area contributed by atoms with Crippen molar-refractivity contribution in [2.45, 2.75) is 6.04 Å². The number of nitrogens with two attached hydrogens (primary N) is 2. The van der Waals surface area contributed by atoms with Crippen LogP contribution in [0.1, 0.15) is 11.6 Å². The summed E-state index contributed by atoms with van der Waals surface area (Å²) in [4.78, 5) is 12.8. The summed E-state index contributed by atoms with van der Waals surface area (Å²) in [6.45, 7) is 0. The second kappa shape index (κ2) is 4.11. The van der Waals surface area contributed by atoms with Crippen LogP contribution in [0.4, 0.5) is 5.69 Å². The van der Waals surface area contributed by atoms with E-state index in [9.17, 15) is 4.79 Å². The lowest BCUT2D eigenvalue weighted by Crippen LogP contribution is -2.28. The Morgan fingerprint density at radius 2 is 2.07 bits per heavy atom. The van der Waals surface area contributed by atoms with Crippen molar-refractivity contribution < 1.29 is 4.79 Å². The van der Waals surface area contributed by atoms with Gasteiger partial charge in [-0.1, -0.05) is 12.1 Å². The van der Waals surface area contributed by atoms with Crippen LogP contribution in [0, 0.1) is 0 Å². The fraction of sp³-hybridized carbons (Fsp3) is 0.300. The lowest BCUT2D eigenvalue weighted by Gasteiger charge is -2.15. The highest BCUT2D eigenvalue weighted by Gasteiger charge is 2.12. The third-order valence-corrected chi connectivity index (χ3v) is 2.05. The number of rotatable bonds is 3. The van der Waals surface area contributed by atoms with Crippen molar-refractivity contribution in [2.75, 3.05) is 19.0 Å². The minimum absolute atomic E-state index is 0.513. The van der Waals surface area contributed by atoms with Crippen molar-refractivity contribution in [3.63, 3.8) is 0 Å². The van der Waals surface area contributed by atoms with Gasteiger partial charge < -0.3 is 16.4 Å². The number of nitrogens with zero attached hydrogens (tertiary/aromatic N) is 1. The largest absolute Gasteiger partial charge is 0.378 e. The standard InChI is InChI=1S/C10H15N3O/c1-13(2)8-5-3-4-7(6-8)9(11)10(12)14/h3-6,9H,11H2,1-2H3,(H2,12,14). The van der Waals surface area contributed by atoms with E-state index in [1.54, 1.807) is 6.07 Å². The highest BCUT2D eigenvalue weighted by molar-refractivity contribution is 5.81. The van der Waals surface area contributed by atoms with E-state index >= 15 is 0 Å². The fourth-order valence-electron chi connectivity index (χ4n) is 1.16. The van der Waals surface area contributed by atoms with Crippen LogP contribution < -0.4 is 16.4 Å². The van der Waals surface area contributed by atoms with Crippen LogP contribution in [0.15, 0.2) is 24.3 Å². The Labute approximate surface area is 83.5 Å². The van der Waals surface area contributed by atoms with Crippen LogP contribution in [-0.2, 0) is 4.79 Å². The molecular weight excluding hydrogens is 178 g/mol. The summed E-state index contributed by atoms with van der Waals surface area (Å²) in [5.74, 6) is -0.513. The molecule has 1 rings (SSSR count). The molecule has 0 aliphatic rings. The van der Waals surface area contributed by atoms with Crippen molar-refractivity contribution in [1.82, 2.24) is 0 Å². The molecule has 4 N–H and O–H groups in total. The zero-order chi connectivity index (χ0) is 10.7. The van der Waals surface area contributed by atoms with E-state index in [2.05, 4.69) is 0 Å². The quantitative estimate of drug-likeness (QED) is 0.722. The lowest BCUT2D eigenvalue weighted by atomic mass is 10.1. The molecule has 0 bridgehead atoms. The van der Waals surface area contributed by atoms with E-state index in [0.717, 1.165) is 11.3 Å². The van der Waals surface area contributed by atoms with Gasteiger partial charge in [-0.2, -0.15) is 0 Å². The molecule has 4 heteroatoms. The van der Waals surface area contributed by atoms with Crippen LogP contribution >= 0.6 is 0 Å². The van der Waals surface area contributed by atoms with E-state index in [4.69, 9.17) is 11.5 Å². The number of carbonyl (C=O) groups is 1. The maximum Gasteiger partial charge on any atom is 0.238 e. The monoisotopic (exact) mass is 193 g/mol. The van der Waals surface area contributed by atoms with Gasteiger partial charge in [-0.15, -0.1) is 0 Å². The van der Waals surface area contributed by atoms with Crippen LogP contribution in [0.2, 0.25) is 0 Å². The molecule has 4 nitrogen and oxygen atoms in total. The molecule has 0 heterocycles. The third kappa shape index (κ3) is 2.23. The topological polar surface area (TPSA) is 72.3 Å². The summed E-state index contributed by atoms with van der Waals surface area (Å²) in [7, 11) is 3.85. The van der Waals surface area contributed by atoms with E-state index in [1.165, 1.54) is 0 Å². The zero-order valence-electron chi connectivity index (χ0n) is 8.40. The number of hydrogen-bond donors (Lipinski definition) is 2. The average molecular weight is 193 g/mol. The number of benzene rings is 1. The first-order valence-corrected chi connectivity index (χ1v) is 4.34. The summed E-state index contributed by atoms with van der Waals surface area (Å²) >= 11 is 0. The second-order valence-electron chi connectivity index (χ2n) is 3.37. The minimum atomic E-state index is -0.727. The lowest BCUT2D eigenvalue weighted by molar-refractivity contribution is -0.119. The Hall–Kier alpha value is -1.55. The molecule has 0 spiro atoms. The first kappa shape index (κ1) is 10.5. The van der Waals surface area contributed by atoms with Gasteiger partial charge >= 0.3 is 0 Å². The van der Waals surface area contributed by atoms with Gasteiger partial charge in [-0.25, -0.2) is 0 Å². The molecule has 1 amide bonds. The van der Waals surface area contributed by atoms with Crippen molar-refractivity contribution in [1.29, 1.82) is 0 Å². The predicted octanol–water partition coefficient (Wildman–Crippen LogP) is 0.238. The molecule has 1 atom stereocenters. The first-order valence-electron chi connectivity index (χ1n) is 4.34. The van der Waals surface area contributed by atoms with E-state index in [-0.39, 0.29) is 0 Å². The summed E-state index contributed by atoms with van der Waals surface area (Å²) in [5, 5.41) is 0. The van der Waals surface area contributed by atoms with Gasteiger partial charge in [0.2, 0.25) is 5.91 Å². The Morgan fingerprint density at radius 1 is 1.43 bits per heavy atom. The molecule has 0 fully saturated rings. The minimum Gasteiger partial charge on any atom is -0.378 e. The van der Waals surface area contributed by atoms with Crippen LogP contribution in [0.3, 0.4) is 0 Å². The zero-order valence-corrected chi connectivity index (χ0v) is 8.40. The average Bonchev–Trinajstić information content (AvgIpc) is 2.16. The molecule has 1 unspecified atom stereocenters. The van der Waals surface area contributed by atoms with Gasteiger partial charge in [0.15, 0.2) is 0 Å². The van der Waals surface area contributed by atoms with Gasteiger partial charge in [0.05, 0.1) is 0 Å². The molecule has 0 aliphatic heterocycles. The number of primary amides is 1. The number of amides is 1. The molecule has 0 saturated carbocycles. The summed E-state index contributed by atoms with van der Waals surface area (Å²) < 4.78 is 0. The highest BCUT2D eigenvalue weighted by Crippen LogP contribution is 2.17. The maximum atomic E-state index is 10.9. The summed E-state index contributed by atoms with van der Waals surface area (Å²) in [6, 6.07) is 6.72. The van der Waals surface area contributed by atoms with Gasteiger partial charge in [-0.3, -0.25) is 4.79 Å². The van der Waals surface area contributed by atoms with Crippen LogP contribution in [0.25, 0.3) is 0 Å². The summed E-state index contributed by atoms with van der Waals surface area (Å²) in [5.41, 5.74) is 12.5. The van der Waals surface area contributed by atoms with Crippen molar-refractivity contribution in [3.8, 4) is 0 Å². The van der Waals surface area contributed by atoms with Crippen molar-refractivity contribution >= 4 is 11.6 Å². The van der Waals surface area contributed by atoms with Gasteiger partial charge in [-0.05, 0) is 17.7 Å². The van der Waals surface area contributed by atoms with Crippen molar-refractivity contribution in [3.05, 3.63) is 29.8 Å². The van der Waals surface area contributed by atoms with Gasteiger partial charge in [0.1, 0.15) is 6.04 Å². The smallest absolute Gasteiger partial charge is 0.238 e. The van der Waals surface area contributed by atoms with E-state index < -0.39 is 11.9 Å². The molecule has 0 aliphatic carbocycles. The normalized spacial score (nSPS) is 12.2. The van der Waals surface area contributed by atoms with E-state index in [1.807, 2.05) is 37.2 Å². The molecule has 0 saturated heterocycles. The Morgan fingerprint density at radius 3 is 2.57 bits per heavy atom. The third-order valence-electron chi connectivity index (χ3n) is 2.05. The molecule has 1 aromatic rings. The highest BCUT2D eigenvalue weighted by atomic mass is 16.1. The molecule has 0 radical (unpaired) electrons. The SMILES string of the molecule is CN(C)c1cccc(C(N)C(N)=O)c1. The molecule has 1 aromatic carbocycles. The number of hydrogen-bond acceptors (Lipinski definition) is 3. The molecular formula is C10H15N3O. The first-order chi connectivity index (χ1) is 6.52. The van der Waals surface area contributed by atoms with Crippen LogP contribution in [-0.4, -0.2) is 20.0 Å². The van der Waals surface area contributed by atoms with Gasteiger partial charge in [0, 0.05) is 19.8 Å². The van der Waals surface area contributed by atoms with Crippen LogP contribution in [0.5, 0.6) is 0 Å². The summed E-state index contributed by atoms with van der Waals surface area (Å²) in [6.07, 6.45) is 0. The Balaban J connectivity index is 2.99. The Bertz CT molecular complexity index is 336. The van der Waals surface area contributed by atoms with Gasteiger partial charge in [0.25, 0.3) is 0 Å². The Kier molecular flexibility index (Phi) is 3.09. The van der Waals surface area contributed by atoms with Crippen molar-refractivity contribution in [2.24, 2.45) is 11.5 Å². The number of carbonyl (C=O) groups excluding carboxylic acids is 1. The molecule has 14 heavy (non-hydrogen) atoms. The molecule has 0 aromatic heterocycles. The molecule has 76 valence electrons. The maximum absolute atomic E-state index is 10.9. The predicted molar refractivity (Wildman–Crippen MR) is 56.9 cm³/mol. The fourth-order valence-corrected chi connectivity index (χ4v) is 1.16. The van der Waals surface area contributed by atoms with E-state index in [0.29, 0.717) is 0 Å². The second-order valence-corrected chi connectivity index (χ2v) is 3.37.